The first-order chi connectivity index (χ1) is 10.6. The van der Waals surface area contributed by atoms with E-state index >= 15 is 0 Å². The molecule has 0 aliphatic carbocycles. The summed E-state index contributed by atoms with van der Waals surface area (Å²) in [5, 5.41) is 0. The molecule has 0 bridgehead atoms. The maximum atomic E-state index is 12.5. The van der Waals surface area contributed by atoms with Crippen molar-refractivity contribution >= 4 is 11.8 Å². The molecule has 1 unspecified atom stereocenters. The van der Waals surface area contributed by atoms with Gasteiger partial charge in [0.15, 0.2) is 0 Å². The fourth-order valence-corrected chi connectivity index (χ4v) is 3.42. The molecule has 0 aromatic heterocycles. The van der Waals surface area contributed by atoms with Crippen molar-refractivity contribution in [3.8, 4) is 0 Å². The summed E-state index contributed by atoms with van der Waals surface area (Å²) in [6, 6.07) is 8.41. The van der Waals surface area contributed by atoms with Crippen LogP contribution in [-0.2, 0) is 22.6 Å². The number of likely N-dealkylation sites (tertiary alicyclic amines) is 1. The van der Waals surface area contributed by atoms with E-state index in [4.69, 9.17) is 5.73 Å². The molecule has 2 amide bonds. The third kappa shape index (κ3) is 3.30. The van der Waals surface area contributed by atoms with Gasteiger partial charge < -0.3 is 10.6 Å². The van der Waals surface area contributed by atoms with Gasteiger partial charge in [0.2, 0.25) is 11.8 Å². The van der Waals surface area contributed by atoms with Gasteiger partial charge in [0.05, 0.1) is 12.5 Å². The first kappa shape index (κ1) is 15.0. The Hall–Kier alpha value is -1.88. The van der Waals surface area contributed by atoms with Crippen LogP contribution in [0.15, 0.2) is 24.3 Å². The molecule has 0 saturated carbocycles. The second-order valence-corrected chi connectivity index (χ2v) is 6.31. The fraction of sp³-hybridized carbons (Fsp3) is 0.529. The summed E-state index contributed by atoms with van der Waals surface area (Å²) < 4.78 is 0. The monoisotopic (exact) mass is 301 g/mol. The van der Waals surface area contributed by atoms with Crippen LogP contribution in [0.1, 0.15) is 24.0 Å². The molecule has 2 N–H and O–H groups in total. The van der Waals surface area contributed by atoms with Crippen LogP contribution in [0.5, 0.6) is 0 Å². The molecule has 2 heterocycles. The maximum absolute atomic E-state index is 12.5. The average Bonchev–Trinajstić information content (AvgIpc) is 2.55. The number of nitrogens with zero attached hydrogens (tertiary/aromatic N) is 2. The van der Waals surface area contributed by atoms with Gasteiger partial charge in [-0.1, -0.05) is 24.3 Å². The highest BCUT2D eigenvalue weighted by atomic mass is 16.2. The zero-order chi connectivity index (χ0) is 15.5. The second-order valence-electron chi connectivity index (χ2n) is 6.31. The molecule has 5 nitrogen and oxygen atoms in total. The summed E-state index contributed by atoms with van der Waals surface area (Å²) in [6.07, 6.45) is 2.66. The number of nitrogens with two attached hydrogens (primary N) is 1. The lowest BCUT2D eigenvalue weighted by atomic mass is 9.97. The van der Waals surface area contributed by atoms with E-state index in [0.29, 0.717) is 13.1 Å². The average molecular weight is 301 g/mol. The molecule has 0 radical (unpaired) electrons. The van der Waals surface area contributed by atoms with E-state index in [2.05, 4.69) is 23.1 Å². The Kier molecular flexibility index (Phi) is 4.43. The van der Waals surface area contributed by atoms with E-state index in [1.807, 2.05) is 6.07 Å². The van der Waals surface area contributed by atoms with Crippen molar-refractivity contribution in [3.05, 3.63) is 35.4 Å². The molecule has 2 aliphatic heterocycles. The molecular weight excluding hydrogens is 278 g/mol. The molecule has 0 spiro atoms. The number of piperidine rings is 1. The minimum Gasteiger partial charge on any atom is -0.369 e. The molecule has 1 aromatic rings. The van der Waals surface area contributed by atoms with Crippen molar-refractivity contribution in [2.24, 2.45) is 11.7 Å². The van der Waals surface area contributed by atoms with Gasteiger partial charge in [0, 0.05) is 26.2 Å². The minimum absolute atomic E-state index is 0.116. The molecule has 118 valence electrons. The first-order valence-electron chi connectivity index (χ1n) is 7.99. The maximum Gasteiger partial charge on any atom is 0.236 e. The van der Waals surface area contributed by atoms with Crippen molar-refractivity contribution in [2.45, 2.75) is 25.8 Å². The molecule has 5 heteroatoms. The highest BCUT2D eigenvalue weighted by molar-refractivity contribution is 5.81. The number of fused-ring (bicyclic) bond motifs is 1. The molecular formula is C17H23N3O2. The van der Waals surface area contributed by atoms with Crippen LogP contribution in [0.4, 0.5) is 0 Å². The van der Waals surface area contributed by atoms with Crippen LogP contribution >= 0.6 is 0 Å². The fourth-order valence-electron chi connectivity index (χ4n) is 3.42. The van der Waals surface area contributed by atoms with Crippen LogP contribution in [0.3, 0.4) is 0 Å². The van der Waals surface area contributed by atoms with Gasteiger partial charge in [0.1, 0.15) is 0 Å². The second kappa shape index (κ2) is 6.48. The lowest BCUT2D eigenvalue weighted by molar-refractivity contribution is -0.136. The van der Waals surface area contributed by atoms with E-state index in [-0.39, 0.29) is 17.7 Å². The van der Waals surface area contributed by atoms with Crippen molar-refractivity contribution in [1.29, 1.82) is 0 Å². The number of benzene rings is 1. The van der Waals surface area contributed by atoms with E-state index < -0.39 is 0 Å². The third-order valence-corrected chi connectivity index (χ3v) is 4.75. The number of amides is 2. The van der Waals surface area contributed by atoms with Crippen LogP contribution in [0, 0.1) is 5.92 Å². The Labute approximate surface area is 131 Å². The predicted molar refractivity (Wildman–Crippen MR) is 83.9 cm³/mol. The number of hydrogen-bond acceptors (Lipinski definition) is 3. The van der Waals surface area contributed by atoms with E-state index in [1.54, 1.807) is 4.90 Å². The Morgan fingerprint density at radius 1 is 1.18 bits per heavy atom. The summed E-state index contributed by atoms with van der Waals surface area (Å²) >= 11 is 0. The zero-order valence-electron chi connectivity index (χ0n) is 12.8. The molecule has 1 aromatic carbocycles. The number of hydrogen-bond donors (Lipinski definition) is 1. The van der Waals surface area contributed by atoms with Crippen molar-refractivity contribution in [1.82, 2.24) is 9.80 Å². The van der Waals surface area contributed by atoms with Gasteiger partial charge in [-0.05, 0) is 30.4 Å². The number of carbonyl (C=O) groups is 2. The van der Waals surface area contributed by atoms with Gasteiger partial charge in [0.25, 0.3) is 0 Å². The highest BCUT2D eigenvalue weighted by Gasteiger charge is 2.28. The largest absolute Gasteiger partial charge is 0.369 e. The van der Waals surface area contributed by atoms with Crippen molar-refractivity contribution in [2.75, 3.05) is 26.2 Å². The van der Waals surface area contributed by atoms with Gasteiger partial charge >= 0.3 is 0 Å². The highest BCUT2D eigenvalue weighted by Crippen LogP contribution is 2.20. The molecule has 1 saturated heterocycles. The van der Waals surface area contributed by atoms with Gasteiger partial charge in [-0.2, -0.15) is 0 Å². The van der Waals surface area contributed by atoms with E-state index in [0.717, 1.165) is 38.9 Å². The topological polar surface area (TPSA) is 66.6 Å². The predicted octanol–water partition coefficient (Wildman–Crippen LogP) is 0.769. The summed E-state index contributed by atoms with van der Waals surface area (Å²) in [5.41, 5.74) is 8.08. The zero-order valence-corrected chi connectivity index (χ0v) is 12.8. The summed E-state index contributed by atoms with van der Waals surface area (Å²) in [7, 11) is 0. The van der Waals surface area contributed by atoms with E-state index in [9.17, 15) is 9.59 Å². The first-order valence-corrected chi connectivity index (χ1v) is 7.99. The van der Waals surface area contributed by atoms with Crippen LogP contribution in [-0.4, -0.2) is 47.8 Å². The summed E-state index contributed by atoms with van der Waals surface area (Å²) in [5.74, 6) is -0.352. The molecule has 1 fully saturated rings. The summed E-state index contributed by atoms with van der Waals surface area (Å²) in [6.45, 7) is 3.40. The number of primary amides is 1. The van der Waals surface area contributed by atoms with Crippen LogP contribution in [0.2, 0.25) is 0 Å². The standard InChI is InChI=1S/C17H23N3O2/c18-17(22)15-6-3-8-20(11-15)16(21)12-19-9-7-13-4-1-2-5-14(13)10-19/h1-2,4-5,15H,3,6-12H2,(H2,18,22). The molecule has 2 aliphatic rings. The van der Waals surface area contributed by atoms with Crippen LogP contribution < -0.4 is 5.73 Å². The normalized spacial score (nSPS) is 22.2. The third-order valence-electron chi connectivity index (χ3n) is 4.75. The lowest BCUT2D eigenvalue weighted by Crippen LogP contribution is -2.48. The van der Waals surface area contributed by atoms with Gasteiger partial charge in [-0.3, -0.25) is 14.5 Å². The molecule has 22 heavy (non-hydrogen) atoms. The molecule has 1 atom stereocenters. The lowest BCUT2D eigenvalue weighted by Gasteiger charge is -2.34. The number of rotatable bonds is 3. The Bertz CT molecular complexity index is 573. The minimum atomic E-state index is -0.288. The smallest absolute Gasteiger partial charge is 0.236 e. The van der Waals surface area contributed by atoms with Crippen molar-refractivity contribution in [3.63, 3.8) is 0 Å². The summed E-state index contributed by atoms with van der Waals surface area (Å²) in [4.78, 5) is 27.8. The SMILES string of the molecule is NC(=O)C1CCCN(C(=O)CN2CCc3ccccc3C2)C1. The van der Waals surface area contributed by atoms with E-state index in [1.165, 1.54) is 11.1 Å². The quantitative estimate of drug-likeness (QED) is 0.896. The van der Waals surface area contributed by atoms with Gasteiger partial charge in [-0.15, -0.1) is 0 Å². The van der Waals surface area contributed by atoms with Gasteiger partial charge in [-0.25, -0.2) is 0 Å². The van der Waals surface area contributed by atoms with Crippen LogP contribution in [0.25, 0.3) is 0 Å². The Morgan fingerprint density at radius 2 is 1.95 bits per heavy atom. The Balaban J connectivity index is 1.57. The van der Waals surface area contributed by atoms with Crippen molar-refractivity contribution < 1.29 is 9.59 Å². The number of carbonyl (C=O) groups excluding carboxylic acids is 2. The Morgan fingerprint density at radius 3 is 2.73 bits per heavy atom. The molecule has 3 rings (SSSR count).